The largest absolute Gasteiger partial charge is 1.00 e. The summed E-state index contributed by atoms with van der Waals surface area (Å²) in [6, 6.07) is 9.23. The molecule has 0 heterocycles. The Hall–Kier alpha value is -0.570. The van der Waals surface area contributed by atoms with Crippen molar-refractivity contribution in [3.8, 4) is 0 Å². The van der Waals surface area contributed by atoms with Crippen molar-refractivity contribution in [2.45, 2.75) is 82.6 Å². The van der Waals surface area contributed by atoms with Crippen molar-refractivity contribution in [2.75, 3.05) is 6.61 Å². The molecule has 0 bridgehead atoms. The lowest BCUT2D eigenvalue weighted by atomic mass is 9.92. The molecule has 2 rings (SSSR count). The van der Waals surface area contributed by atoms with Crippen molar-refractivity contribution in [3.63, 3.8) is 0 Å². The van der Waals surface area contributed by atoms with E-state index in [1.54, 1.807) is 0 Å². The summed E-state index contributed by atoms with van der Waals surface area (Å²) in [6.45, 7) is 2.49. The van der Waals surface area contributed by atoms with Crippen LogP contribution in [0, 0.1) is 0 Å². The van der Waals surface area contributed by atoms with Gasteiger partial charge in [-0.15, -0.1) is 0 Å². The molecule has 3 heteroatoms. The smallest absolute Gasteiger partial charge is 0.118 e. The molecule has 0 amide bonds. The lowest BCUT2D eigenvalue weighted by molar-refractivity contribution is -0.481. The van der Waals surface area contributed by atoms with Crippen LogP contribution >= 0.6 is 0 Å². The number of benzene rings is 1. The number of aliphatic hydroxyl groups excluding tert-OH is 1. The van der Waals surface area contributed by atoms with E-state index in [4.69, 9.17) is 0 Å². The fourth-order valence-electron chi connectivity index (χ4n) is 3.70. The number of halogens is 1. The van der Waals surface area contributed by atoms with Crippen LogP contribution in [0.2, 0.25) is 0 Å². The molecule has 132 valence electrons. The van der Waals surface area contributed by atoms with Gasteiger partial charge in [0, 0.05) is 12.8 Å². The minimum Gasteiger partial charge on any atom is -1.00 e. The van der Waals surface area contributed by atoms with Crippen molar-refractivity contribution < 1.29 is 23.2 Å². The molecule has 0 saturated heterocycles. The number of quaternary nitrogens is 1. The van der Waals surface area contributed by atoms with Crippen molar-refractivity contribution >= 4 is 0 Å². The van der Waals surface area contributed by atoms with E-state index in [-0.39, 0.29) is 24.6 Å². The van der Waals surface area contributed by atoms with E-state index in [0.717, 1.165) is 12.8 Å². The van der Waals surface area contributed by atoms with E-state index in [1.807, 2.05) is 0 Å². The number of aryl methyl sites for hydroxylation is 1. The Balaban J connectivity index is 0.00000264. The van der Waals surface area contributed by atoms with Crippen LogP contribution < -0.4 is 18.1 Å². The zero-order chi connectivity index (χ0) is 15.8. The molecule has 0 unspecified atom stereocenters. The van der Waals surface area contributed by atoms with Crippen LogP contribution in [0.3, 0.4) is 0 Å². The molecule has 1 aliphatic rings. The highest BCUT2D eigenvalue weighted by molar-refractivity contribution is 5.27. The molecule has 0 aliphatic heterocycles. The second kappa shape index (κ2) is 10.3. The Morgan fingerprint density at radius 3 is 2.35 bits per heavy atom. The lowest BCUT2D eigenvalue weighted by Crippen LogP contribution is -3.00. The number of hydrogen-bond donors (Lipinski definition) is 2. The minimum atomic E-state index is -0.0954. The summed E-state index contributed by atoms with van der Waals surface area (Å²) >= 11 is 0. The van der Waals surface area contributed by atoms with Crippen LogP contribution in [0.15, 0.2) is 24.3 Å². The number of rotatable bonds is 9. The zero-order valence-corrected chi connectivity index (χ0v) is 15.5. The van der Waals surface area contributed by atoms with E-state index < -0.39 is 0 Å². The van der Waals surface area contributed by atoms with Gasteiger partial charge in [-0.1, -0.05) is 63.3 Å². The standard InChI is InChI=1S/C20H33NO.ClH/c1-2-3-4-5-6-7-8-17-9-11-18(12-10-17)19-13-14-20(21,15-19)16-22;/h9-12,19,22H,2-8,13-16,21H2,1H3;1H/t19-,20+;/m0./s1. The van der Waals surface area contributed by atoms with Crippen LogP contribution in [-0.4, -0.2) is 17.3 Å². The first-order valence-corrected chi connectivity index (χ1v) is 9.22. The topological polar surface area (TPSA) is 47.9 Å². The predicted octanol–water partition coefficient (Wildman–Crippen LogP) is 0.834. The van der Waals surface area contributed by atoms with Crippen molar-refractivity contribution in [2.24, 2.45) is 0 Å². The third-order valence-corrected chi connectivity index (χ3v) is 5.31. The highest BCUT2D eigenvalue weighted by atomic mass is 35.5. The van der Waals surface area contributed by atoms with Gasteiger partial charge in [0.15, 0.2) is 0 Å². The SMILES string of the molecule is CCCCCCCCc1ccc([C@H]2CC[C@]([NH3+])(CO)C2)cc1.[Cl-]. The van der Waals surface area contributed by atoms with Gasteiger partial charge in [-0.05, 0) is 36.3 Å². The maximum Gasteiger partial charge on any atom is 0.118 e. The Labute approximate surface area is 148 Å². The maximum absolute atomic E-state index is 9.45. The molecular weight excluding hydrogens is 306 g/mol. The van der Waals surface area contributed by atoms with Gasteiger partial charge in [-0.2, -0.15) is 0 Å². The molecule has 0 spiro atoms. The van der Waals surface area contributed by atoms with Crippen molar-refractivity contribution in [1.29, 1.82) is 0 Å². The van der Waals surface area contributed by atoms with E-state index in [2.05, 4.69) is 36.9 Å². The first-order chi connectivity index (χ1) is 10.7. The van der Waals surface area contributed by atoms with E-state index >= 15 is 0 Å². The van der Waals surface area contributed by atoms with E-state index in [9.17, 15) is 5.11 Å². The number of unbranched alkanes of at least 4 members (excludes halogenated alkanes) is 5. The lowest BCUT2D eigenvalue weighted by Gasteiger charge is -2.17. The molecule has 1 aromatic carbocycles. The van der Waals surface area contributed by atoms with Gasteiger partial charge in [0.25, 0.3) is 0 Å². The molecule has 1 saturated carbocycles. The van der Waals surface area contributed by atoms with Crippen LogP contribution in [-0.2, 0) is 6.42 Å². The third-order valence-electron chi connectivity index (χ3n) is 5.31. The highest BCUT2D eigenvalue weighted by Crippen LogP contribution is 2.38. The summed E-state index contributed by atoms with van der Waals surface area (Å²) < 4.78 is 0. The molecule has 1 aromatic rings. The number of aliphatic hydroxyl groups is 1. The summed E-state index contributed by atoms with van der Waals surface area (Å²) in [4.78, 5) is 0. The maximum atomic E-state index is 9.45. The quantitative estimate of drug-likeness (QED) is 0.643. The van der Waals surface area contributed by atoms with Gasteiger partial charge < -0.3 is 23.2 Å². The van der Waals surface area contributed by atoms with E-state index in [0.29, 0.717) is 5.92 Å². The molecule has 23 heavy (non-hydrogen) atoms. The average molecular weight is 340 g/mol. The highest BCUT2D eigenvalue weighted by Gasteiger charge is 2.39. The van der Waals surface area contributed by atoms with Gasteiger partial charge in [-0.3, -0.25) is 0 Å². The molecule has 0 aromatic heterocycles. The molecule has 1 fully saturated rings. The van der Waals surface area contributed by atoms with Gasteiger partial charge in [0.05, 0.1) is 6.61 Å². The first kappa shape index (κ1) is 20.5. The van der Waals surface area contributed by atoms with Crippen molar-refractivity contribution in [3.05, 3.63) is 35.4 Å². The monoisotopic (exact) mass is 339 g/mol. The Kier molecular flexibility index (Phi) is 9.19. The summed E-state index contributed by atoms with van der Waals surface area (Å²) in [6.07, 6.45) is 12.6. The Bertz CT molecular complexity index is 434. The normalized spacial score (nSPS) is 23.7. The van der Waals surface area contributed by atoms with Gasteiger partial charge >= 0.3 is 0 Å². The molecule has 2 nitrogen and oxygen atoms in total. The van der Waals surface area contributed by atoms with Crippen LogP contribution in [0.25, 0.3) is 0 Å². The average Bonchev–Trinajstić information content (AvgIpc) is 2.94. The first-order valence-electron chi connectivity index (χ1n) is 9.22. The summed E-state index contributed by atoms with van der Waals surface area (Å²) in [7, 11) is 0. The van der Waals surface area contributed by atoms with Gasteiger partial charge in [-0.25, -0.2) is 0 Å². The summed E-state index contributed by atoms with van der Waals surface area (Å²) in [5.41, 5.74) is 7.01. The summed E-state index contributed by atoms with van der Waals surface area (Å²) in [5, 5.41) is 9.45. The number of hydrogen-bond acceptors (Lipinski definition) is 1. The summed E-state index contributed by atoms with van der Waals surface area (Å²) in [5.74, 6) is 0.591. The Morgan fingerprint density at radius 1 is 1.09 bits per heavy atom. The van der Waals surface area contributed by atoms with Crippen LogP contribution in [0.5, 0.6) is 0 Å². The second-order valence-corrected chi connectivity index (χ2v) is 7.36. The molecule has 1 aliphatic carbocycles. The van der Waals surface area contributed by atoms with Crippen molar-refractivity contribution in [1.82, 2.24) is 0 Å². The third kappa shape index (κ3) is 6.45. The minimum absolute atomic E-state index is 0. The molecular formula is C20H34ClNO. The molecule has 0 radical (unpaired) electrons. The second-order valence-electron chi connectivity index (χ2n) is 7.36. The fraction of sp³-hybridized carbons (Fsp3) is 0.700. The van der Waals surface area contributed by atoms with Gasteiger partial charge in [0.2, 0.25) is 0 Å². The Morgan fingerprint density at radius 2 is 1.74 bits per heavy atom. The van der Waals surface area contributed by atoms with Crippen LogP contribution in [0.4, 0.5) is 0 Å². The molecule has 4 N–H and O–H groups in total. The fourth-order valence-corrected chi connectivity index (χ4v) is 3.70. The van der Waals surface area contributed by atoms with Gasteiger partial charge in [0.1, 0.15) is 5.54 Å². The van der Waals surface area contributed by atoms with Crippen LogP contribution in [0.1, 0.15) is 81.8 Å². The zero-order valence-electron chi connectivity index (χ0n) is 14.7. The van der Waals surface area contributed by atoms with E-state index in [1.165, 1.54) is 62.5 Å². The molecule has 2 atom stereocenters. The predicted molar refractivity (Wildman–Crippen MR) is 92.8 cm³/mol.